The Hall–Kier alpha value is -1.35. The predicted molar refractivity (Wildman–Crippen MR) is 54.0 cm³/mol. The van der Waals surface area contributed by atoms with Crippen LogP contribution in [-0.4, -0.2) is 10.1 Å². The Bertz CT molecular complexity index is 408. The third kappa shape index (κ3) is 1.55. The fourth-order valence-electron chi connectivity index (χ4n) is 1.19. The molecule has 0 bridgehead atoms. The summed E-state index contributed by atoms with van der Waals surface area (Å²) in [4.78, 5) is 4.81. The van der Waals surface area contributed by atoms with Gasteiger partial charge in [-0.25, -0.2) is 4.98 Å². The van der Waals surface area contributed by atoms with Crippen molar-refractivity contribution in [2.24, 2.45) is 0 Å². The van der Waals surface area contributed by atoms with Crippen molar-refractivity contribution in [3.63, 3.8) is 0 Å². The van der Waals surface area contributed by atoms with Gasteiger partial charge in [-0.05, 0) is 12.5 Å². The minimum atomic E-state index is 0.133. The van der Waals surface area contributed by atoms with Crippen LogP contribution in [0.25, 0.3) is 10.4 Å². The summed E-state index contributed by atoms with van der Waals surface area (Å²) >= 11 is 1.51. The Morgan fingerprint density at radius 3 is 2.46 bits per heavy atom. The van der Waals surface area contributed by atoms with E-state index in [1.165, 1.54) is 11.3 Å². The van der Waals surface area contributed by atoms with Gasteiger partial charge in [0, 0.05) is 0 Å². The van der Waals surface area contributed by atoms with Gasteiger partial charge >= 0.3 is 0 Å². The largest absolute Gasteiger partial charge is 0.492 e. The van der Waals surface area contributed by atoms with Crippen LogP contribution in [0.2, 0.25) is 0 Å². The molecule has 0 saturated carbocycles. The first-order valence-electron chi connectivity index (χ1n) is 3.99. The van der Waals surface area contributed by atoms with E-state index in [-0.39, 0.29) is 5.88 Å². The van der Waals surface area contributed by atoms with Crippen LogP contribution in [-0.2, 0) is 0 Å². The summed E-state index contributed by atoms with van der Waals surface area (Å²) < 4.78 is 0. The zero-order valence-corrected chi connectivity index (χ0v) is 8.01. The molecule has 0 saturated heterocycles. The van der Waals surface area contributed by atoms with E-state index in [0.29, 0.717) is 0 Å². The van der Waals surface area contributed by atoms with Crippen LogP contribution in [0.3, 0.4) is 0 Å². The number of nitrogens with zero attached hydrogens (tertiary/aromatic N) is 1. The lowest BCUT2D eigenvalue weighted by atomic mass is 10.2. The number of hydrogen-bond donors (Lipinski definition) is 1. The van der Waals surface area contributed by atoms with Gasteiger partial charge in [0.25, 0.3) is 0 Å². The van der Waals surface area contributed by atoms with Crippen molar-refractivity contribution in [2.75, 3.05) is 0 Å². The molecule has 0 amide bonds. The van der Waals surface area contributed by atoms with Gasteiger partial charge < -0.3 is 5.11 Å². The highest BCUT2D eigenvalue weighted by Crippen LogP contribution is 2.33. The monoisotopic (exact) mass is 191 g/mol. The van der Waals surface area contributed by atoms with Crippen LogP contribution in [0, 0.1) is 6.92 Å². The molecule has 3 heteroatoms. The van der Waals surface area contributed by atoms with E-state index in [4.69, 9.17) is 0 Å². The number of aromatic hydroxyl groups is 1. The molecule has 2 rings (SSSR count). The average molecular weight is 191 g/mol. The van der Waals surface area contributed by atoms with Crippen molar-refractivity contribution < 1.29 is 5.11 Å². The quantitative estimate of drug-likeness (QED) is 0.751. The molecule has 0 aliphatic heterocycles. The Morgan fingerprint density at radius 1 is 1.23 bits per heavy atom. The minimum Gasteiger partial charge on any atom is -0.492 e. The van der Waals surface area contributed by atoms with Crippen LogP contribution in [0.15, 0.2) is 30.3 Å². The fourth-order valence-corrected chi connectivity index (χ4v) is 2.01. The summed E-state index contributed by atoms with van der Waals surface area (Å²) in [6.07, 6.45) is 0. The number of hydrogen-bond acceptors (Lipinski definition) is 3. The molecule has 1 aromatic carbocycles. The van der Waals surface area contributed by atoms with E-state index in [2.05, 4.69) is 4.98 Å². The van der Waals surface area contributed by atoms with Crippen LogP contribution >= 0.6 is 11.3 Å². The van der Waals surface area contributed by atoms with Gasteiger partial charge in [-0.15, -0.1) is 11.3 Å². The molecular weight excluding hydrogens is 182 g/mol. The van der Waals surface area contributed by atoms with Gasteiger partial charge in [0.15, 0.2) is 0 Å². The summed E-state index contributed by atoms with van der Waals surface area (Å²) in [6, 6.07) is 9.78. The van der Waals surface area contributed by atoms with Crippen molar-refractivity contribution >= 4 is 11.3 Å². The van der Waals surface area contributed by atoms with Gasteiger partial charge in [-0.3, -0.25) is 0 Å². The lowest BCUT2D eigenvalue weighted by Gasteiger charge is -1.94. The molecular formula is C10H9NOS. The second-order valence-electron chi connectivity index (χ2n) is 2.75. The number of thiazole rings is 1. The first-order valence-corrected chi connectivity index (χ1v) is 4.81. The zero-order valence-electron chi connectivity index (χ0n) is 7.19. The smallest absolute Gasteiger partial charge is 0.230 e. The van der Waals surface area contributed by atoms with Gasteiger partial charge in [-0.1, -0.05) is 30.3 Å². The van der Waals surface area contributed by atoms with Crippen LogP contribution in [0.5, 0.6) is 5.88 Å². The molecule has 0 aliphatic rings. The van der Waals surface area contributed by atoms with Crippen molar-refractivity contribution in [2.45, 2.75) is 6.92 Å². The number of benzene rings is 1. The minimum absolute atomic E-state index is 0.133. The molecule has 0 unspecified atom stereocenters. The third-order valence-corrected chi connectivity index (χ3v) is 2.76. The van der Waals surface area contributed by atoms with Crippen molar-refractivity contribution in [3.05, 3.63) is 35.3 Å². The lowest BCUT2D eigenvalue weighted by Crippen LogP contribution is -1.71. The summed E-state index contributed by atoms with van der Waals surface area (Å²) in [5, 5.41) is 10.4. The average Bonchev–Trinajstić information content (AvgIpc) is 2.47. The summed E-state index contributed by atoms with van der Waals surface area (Å²) in [5.74, 6) is 0.133. The van der Waals surface area contributed by atoms with Crippen LogP contribution in [0.1, 0.15) is 5.01 Å². The Balaban J connectivity index is 2.53. The molecule has 0 radical (unpaired) electrons. The van der Waals surface area contributed by atoms with Crippen LogP contribution < -0.4 is 0 Å². The maximum absolute atomic E-state index is 9.48. The fraction of sp³-hybridized carbons (Fsp3) is 0.100. The number of aryl methyl sites for hydroxylation is 1. The second kappa shape index (κ2) is 3.18. The number of rotatable bonds is 1. The Morgan fingerprint density at radius 2 is 1.92 bits per heavy atom. The Kier molecular flexibility index (Phi) is 2.02. The zero-order chi connectivity index (χ0) is 9.26. The first kappa shape index (κ1) is 8.26. The topological polar surface area (TPSA) is 33.1 Å². The molecule has 0 aliphatic carbocycles. The van der Waals surface area contributed by atoms with Gasteiger partial charge in [-0.2, -0.15) is 0 Å². The summed E-state index contributed by atoms with van der Waals surface area (Å²) in [6.45, 7) is 1.89. The van der Waals surface area contributed by atoms with Gasteiger partial charge in [0.1, 0.15) is 0 Å². The van der Waals surface area contributed by atoms with E-state index in [9.17, 15) is 5.11 Å². The summed E-state index contributed by atoms with van der Waals surface area (Å²) in [7, 11) is 0. The van der Waals surface area contributed by atoms with Gasteiger partial charge in [0.2, 0.25) is 5.88 Å². The number of aromatic nitrogens is 1. The third-order valence-electron chi connectivity index (χ3n) is 1.75. The van der Waals surface area contributed by atoms with Crippen molar-refractivity contribution in [1.29, 1.82) is 0 Å². The van der Waals surface area contributed by atoms with E-state index >= 15 is 0 Å². The standard InChI is InChI=1S/C10H9NOS/c1-7-11-10(12)9(13-7)8-5-3-2-4-6-8/h2-6,12H,1H3. The van der Waals surface area contributed by atoms with E-state index < -0.39 is 0 Å². The summed E-state index contributed by atoms with van der Waals surface area (Å²) in [5.41, 5.74) is 1.02. The molecule has 13 heavy (non-hydrogen) atoms. The highest BCUT2D eigenvalue weighted by molar-refractivity contribution is 7.15. The molecule has 1 aromatic heterocycles. The predicted octanol–water partition coefficient (Wildman–Crippen LogP) is 2.82. The first-order chi connectivity index (χ1) is 6.27. The Labute approximate surface area is 80.5 Å². The lowest BCUT2D eigenvalue weighted by molar-refractivity contribution is 0.458. The maximum atomic E-state index is 9.48. The van der Waals surface area contributed by atoms with E-state index in [0.717, 1.165) is 15.4 Å². The van der Waals surface area contributed by atoms with E-state index in [1.54, 1.807) is 0 Å². The van der Waals surface area contributed by atoms with Crippen molar-refractivity contribution in [3.8, 4) is 16.3 Å². The van der Waals surface area contributed by atoms with Crippen LogP contribution in [0.4, 0.5) is 0 Å². The molecule has 1 heterocycles. The highest BCUT2D eigenvalue weighted by Gasteiger charge is 2.08. The molecule has 0 spiro atoms. The SMILES string of the molecule is Cc1nc(O)c(-c2ccccc2)s1. The molecule has 2 aromatic rings. The molecule has 1 N–H and O–H groups in total. The van der Waals surface area contributed by atoms with Gasteiger partial charge in [0.05, 0.1) is 9.88 Å². The molecule has 66 valence electrons. The normalized spacial score (nSPS) is 10.2. The van der Waals surface area contributed by atoms with E-state index in [1.807, 2.05) is 37.3 Å². The molecule has 2 nitrogen and oxygen atoms in total. The molecule has 0 fully saturated rings. The highest BCUT2D eigenvalue weighted by atomic mass is 32.1. The second-order valence-corrected chi connectivity index (χ2v) is 3.95. The maximum Gasteiger partial charge on any atom is 0.230 e. The molecule has 0 atom stereocenters. The van der Waals surface area contributed by atoms with Crippen molar-refractivity contribution in [1.82, 2.24) is 4.98 Å².